The summed E-state index contributed by atoms with van der Waals surface area (Å²) in [5, 5.41) is 12.1. The van der Waals surface area contributed by atoms with Crippen LogP contribution in [0.1, 0.15) is 29.7 Å². The van der Waals surface area contributed by atoms with E-state index in [1.54, 1.807) is 18.2 Å². The fraction of sp³-hybridized carbons (Fsp3) is 0.312. The molecule has 1 aromatic carbocycles. The van der Waals surface area contributed by atoms with Crippen molar-refractivity contribution in [3.63, 3.8) is 0 Å². The molecule has 1 aliphatic rings. The lowest BCUT2D eigenvalue weighted by Crippen LogP contribution is -2.32. The highest BCUT2D eigenvalue weighted by molar-refractivity contribution is 5.83. The van der Waals surface area contributed by atoms with E-state index in [0.717, 1.165) is 5.56 Å². The van der Waals surface area contributed by atoms with Gasteiger partial charge in [0.15, 0.2) is 0 Å². The molecule has 1 amide bonds. The smallest absolute Gasteiger partial charge is 0.224 e. The minimum atomic E-state index is -0.541. The maximum Gasteiger partial charge on any atom is 0.224 e. The summed E-state index contributed by atoms with van der Waals surface area (Å²) < 4.78 is 18.4. The van der Waals surface area contributed by atoms with Gasteiger partial charge in [-0.2, -0.15) is 0 Å². The van der Waals surface area contributed by atoms with Crippen molar-refractivity contribution < 1.29 is 18.7 Å². The molecule has 0 bridgehead atoms. The molecule has 0 saturated heterocycles. The predicted octanol–water partition coefficient (Wildman–Crippen LogP) is 2.37. The van der Waals surface area contributed by atoms with Gasteiger partial charge in [-0.15, -0.1) is 0 Å². The predicted molar refractivity (Wildman–Crippen MR) is 73.9 cm³/mol. The van der Waals surface area contributed by atoms with Crippen LogP contribution in [0.15, 0.2) is 47.1 Å². The van der Waals surface area contributed by atoms with Crippen molar-refractivity contribution in [2.24, 2.45) is 5.92 Å². The minimum Gasteiger partial charge on any atom is -0.467 e. The molecule has 1 saturated carbocycles. The van der Waals surface area contributed by atoms with Gasteiger partial charge in [-0.3, -0.25) is 4.79 Å². The Morgan fingerprint density at radius 1 is 1.43 bits per heavy atom. The summed E-state index contributed by atoms with van der Waals surface area (Å²) in [6.07, 6.45) is 2.20. The highest BCUT2D eigenvalue weighted by Crippen LogP contribution is 2.47. The van der Waals surface area contributed by atoms with Gasteiger partial charge in [-0.05, 0) is 42.2 Å². The van der Waals surface area contributed by atoms with E-state index in [-0.39, 0.29) is 30.2 Å². The molecule has 2 aromatic rings. The molecule has 1 fully saturated rings. The van der Waals surface area contributed by atoms with E-state index in [4.69, 9.17) is 4.42 Å². The van der Waals surface area contributed by atoms with Crippen LogP contribution in [0.4, 0.5) is 4.39 Å². The van der Waals surface area contributed by atoms with Gasteiger partial charge in [0.25, 0.3) is 0 Å². The third-order valence-corrected chi connectivity index (χ3v) is 3.79. The second-order valence-electron chi connectivity index (χ2n) is 5.26. The Morgan fingerprint density at radius 3 is 2.95 bits per heavy atom. The molecule has 0 radical (unpaired) electrons. The number of furan rings is 1. The van der Waals surface area contributed by atoms with Crippen molar-refractivity contribution >= 4 is 5.91 Å². The average molecular weight is 289 g/mol. The van der Waals surface area contributed by atoms with Gasteiger partial charge in [0.1, 0.15) is 17.6 Å². The van der Waals surface area contributed by atoms with E-state index in [0.29, 0.717) is 12.2 Å². The first-order valence-electron chi connectivity index (χ1n) is 6.89. The number of hydrogen-bond acceptors (Lipinski definition) is 3. The Labute approximate surface area is 121 Å². The number of nitrogens with one attached hydrogen (secondary N) is 1. The maximum atomic E-state index is 13.2. The van der Waals surface area contributed by atoms with E-state index < -0.39 is 6.04 Å². The molecular formula is C16H16FNO3. The molecule has 0 aliphatic heterocycles. The number of rotatable bonds is 5. The Kier molecular flexibility index (Phi) is 3.75. The summed E-state index contributed by atoms with van der Waals surface area (Å²) in [5.41, 5.74) is 0.841. The number of benzene rings is 1. The van der Waals surface area contributed by atoms with Gasteiger partial charge in [-0.1, -0.05) is 12.1 Å². The van der Waals surface area contributed by atoms with E-state index in [9.17, 15) is 14.3 Å². The summed E-state index contributed by atoms with van der Waals surface area (Å²) in [6, 6.07) is 9.21. The van der Waals surface area contributed by atoms with Gasteiger partial charge in [0.05, 0.1) is 12.9 Å². The average Bonchev–Trinajstić information content (AvgIpc) is 3.11. The first-order valence-corrected chi connectivity index (χ1v) is 6.89. The fourth-order valence-electron chi connectivity index (χ4n) is 2.57. The molecule has 3 rings (SSSR count). The Balaban J connectivity index is 1.62. The van der Waals surface area contributed by atoms with Gasteiger partial charge in [0, 0.05) is 5.92 Å². The number of aliphatic hydroxyl groups is 1. The zero-order valence-electron chi connectivity index (χ0n) is 11.3. The van der Waals surface area contributed by atoms with Crippen LogP contribution in [-0.2, 0) is 4.79 Å². The van der Waals surface area contributed by atoms with E-state index in [2.05, 4.69) is 5.32 Å². The summed E-state index contributed by atoms with van der Waals surface area (Å²) in [5.74, 6) is -0.0247. The van der Waals surface area contributed by atoms with Crippen molar-refractivity contribution in [1.29, 1.82) is 0 Å². The lowest BCUT2D eigenvalue weighted by atomic mass is 10.1. The first-order chi connectivity index (χ1) is 10.2. The van der Waals surface area contributed by atoms with E-state index in [1.807, 2.05) is 6.07 Å². The van der Waals surface area contributed by atoms with Crippen LogP contribution in [0.25, 0.3) is 0 Å². The Hall–Kier alpha value is -2.14. The van der Waals surface area contributed by atoms with Crippen LogP contribution in [0.3, 0.4) is 0 Å². The molecule has 1 aromatic heterocycles. The lowest BCUT2D eigenvalue weighted by molar-refractivity contribution is -0.123. The number of halogens is 1. The largest absolute Gasteiger partial charge is 0.467 e. The third-order valence-electron chi connectivity index (χ3n) is 3.79. The van der Waals surface area contributed by atoms with Crippen LogP contribution in [0.5, 0.6) is 0 Å². The molecule has 2 N–H and O–H groups in total. The molecule has 110 valence electrons. The molecule has 3 atom stereocenters. The van der Waals surface area contributed by atoms with Crippen molar-refractivity contribution in [3.05, 3.63) is 59.8 Å². The van der Waals surface area contributed by atoms with Crippen LogP contribution < -0.4 is 5.32 Å². The quantitative estimate of drug-likeness (QED) is 0.888. The molecule has 5 heteroatoms. The highest BCUT2D eigenvalue weighted by atomic mass is 19.1. The molecule has 4 nitrogen and oxygen atoms in total. The first kappa shape index (κ1) is 13.8. The van der Waals surface area contributed by atoms with Crippen LogP contribution in [0, 0.1) is 11.7 Å². The summed E-state index contributed by atoms with van der Waals surface area (Å²) in [4.78, 5) is 12.2. The van der Waals surface area contributed by atoms with Gasteiger partial charge in [0.2, 0.25) is 5.91 Å². The summed E-state index contributed by atoms with van der Waals surface area (Å²) in [6.45, 7) is -0.226. The zero-order chi connectivity index (χ0) is 14.8. The second kappa shape index (κ2) is 5.69. The molecule has 1 heterocycles. The Bertz CT molecular complexity index is 626. The molecule has 1 aliphatic carbocycles. The lowest BCUT2D eigenvalue weighted by Gasteiger charge is -2.13. The van der Waals surface area contributed by atoms with Crippen molar-refractivity contribution in [1.82, 2.24) is 5.32 Å². The van der Waals surface area contributed by atoms with E-state index in [1.165, 1.54) is 18.4 Å². The van der Waals surface area contributed by atoms with Crippen LogP contribution in [-0.4, -0.2) is 17.6 Å². The monoisotopic (exact) mass is 289 g/mol. The third kappa shape index (κ3) is 2.97. The molecule has 0 spiro atoms. The maximum absolute atomic E-state index is 13.2. The van der Waals surface area contributed by atoms with Crippen molar-refractivity contribution in [2.75, 3.05) is 6.61 Å². The number of amides is 1. The zero-order valence-corrected chi connectivity index (χ0v) is 11.3. The number of carbonyl (C=O) groups is 1. The van der Waals surface area contributed by atoms with Crippen LogP contribution in [0.2, 0.25) is 0 Å². The topological polar surface area (TPSA) is 62.5 Å². The van der Waals surface area contributed by atoms with Gasteiger partial charge in [-0.25, -0.2) is 4.39 Å². The second-order valence-corrected chi connectivity index (χ2v) is 5.26. The van der Waals surface area contributed by atoms with Crippen molar-refractivity contribution in [3.8, 4) is 0 Å². The van der Waals surface area contributed by atoms with Crippen molar-refractivity contribution in [2.45, 2.75) is 18.4 Å². The number of aliphatic hydroxyl groups excluding tert-OH is 1. The molecule has 21 heavy (non-hydrogen) atoms. The summed E-state index contributed by atoms with van der Waals surface area (Å²) in [7, 11) is 0. The number of hydrogen-bond donors (Lipinski definition) is 2. The van der Waals surface area contributed by atoms with Gasteiger partial charge < -0.3 is 14.8 Å². The SMILES string of the molecule is O=C(NC(CO)c1ccco1)C1CC1c1cccc(F)c1. The van der Waals surface area contributed by atoms with Crippen LogP contribution >= 0.6 is 0 Å². The Morgan fingerprint density at radius 2 is 2.29 bits per heavy atom. The van der Waals surface area contributed by atoms with E-state index >= 15 is 0 Å². The normalized spacial score (nSPS) is 21.8. The summed E-state index contributed by atoms with van der Waals surface area (Å²) >= 11 is 0. The standard InChI is InChI=1S/C16H16FNO3/c17-11-4-1-3-10(7-11)12-8-13(12)16(20)18-14(9-19)15-5-2-6-21-15/h1-7,12-14,19H,8-9H2,(H,18,20). The fourth-order valence-corrected chi connectivity index (χ4v) is 2.57. The highest BCUT2D eigenvalue weighted by Gasteiger charge is 2.44. The molecule has 3 unspecified atom stereocenters. The number of carbonyl (C=O) groups excluding carboxylic acids is 1. The molecular weight excluding hydrogens is 273 g/mol. The van der Waals surface area contributed by atoms with Gasteiger partial charge >= 0.3 is 0 Å². The minimum absolute atomic E-state index is 0.0524.